The van der Waals surface area contributed by atoms with Gasteiger partial charge >= 0.3 is 0 Å². The van der Waals surface area contributed by atoms with Gasteiger partial charge in [-0.1, -0.05) is 12.1 Å². The zero-order valence-electron chi connectivity index (χ0n) is 12.1. The number of thiazole rings is 1. The molecule has 2 aromatic rings. The Morgan fingerprint density at radius 2 is 2.09 bits per heavy atom. The van der Waals surface area contributed by atoms with Gasteiger partial charge in [-0.05, 0) is 0 Å². The van der Waals surface area contributed by atoms with Gasteiger partial charge in [-0.3, -0.25) is 14.9 Å². The topological polar surface area (TPSA) is 88.4 Å². The number of piperazine rings is 1. The Morgan fingerprint density at radius 3 is 2.78 bits per heavy atom. The van der Waals surface area contributed by atoms with Crippen molar-refractivity contribution >= 4 is 35.3 Å². The monoisotopic (exact) mass is 354 g/mol. The Bertz CT molecular complexity index is 716. The lowest BCUT2D eigenvalue weighted by atomic mass is 10.2. The van der Waals surface area contributed by atoms with Crippen molar-refractivity contribution < 1.29 is 9.72 Å². The van der Waals surface area contributed by atoms with E-state index < -0.39 is 4.92 Å². The molecule has 1 fully saturated rings. The summed E-state index contributed by atoms with van der Waals surface area (Å²) in [6.45, 7) is 2.91. The van der Waals surface area contributed by atoms with Gasteiger partial charge in [0.2, 0.25) is 0 Å². The summed E-state index contributed by atoms with van der Waals surface area (Å²) in [6, 6.07) is 6.28. The minimum Gasteiger partial charge on any atom is -0.335 e. The van der Waals surface area contributed by atoms with Gasteiger partial charge in [0.1, 0.15) is 10.7 Å². The van der Waals surface area contributed by atoms with Crippen molar-refractivity contribution in [3.05, 3.63) is 45.5 Å². The molecule has 1 saturated heterocycles. The van der Waals surface area contributed by atoms with Gasteiger partial charge in [0.05, 0.1) is 4.92 Å². The first-order chi connectivity index (χ1) is 10.6. The highest BCUT2D eigenvalue weighted by Crippen LogP contribution is 2.27. The van der Waals surface area contributed by atoms with Gasteiger partial charge in [-0.15, -0.1) is 23.7 Å². The number of benzene rings is 1. The van der Waals surface area contributed by atoms with Crippen LogP contribution in [0.5, 0.6) is 0 Å². The number of rotatable bonds is 3. The molecule has 122 valence electrons. The number of nitrogens with one attached hydrogen (secondary N) is 1. The molecule has 9 heteroatoms. The second-order valence-corrected chi connectivity index (χ2v) is 5.75. The first-order valence-electron chi connectivity index (χ1n) is 6.85. The normalized spacial score (nSPS) is 14.2. The molecule has 0 saturated carbocycles. The van der Waals surface area contributed by atoms with E-state index in [0.29, 0.717) is 29.4 Å². The van der Waals surface area contributed by atoms with Crippen molar-refractivity contribution in [2.75, 3.05) is 26.2 Å². The van der Waals surface area contributed by atoms with Crippen molar-refractivity contribution in [1.82, 2.24) is 15.2 Å². The second kappa shape index (κ2) is 7.49. The Kier molecular flexibility index (Phi) is 5.64. The lowest BCUT2D eigenvalue weighted by Gasteiger charge is -2.26. The van der Waals surface area contributed by atoms with Gasteiger partial charge in [0, 0.05) is 49.3 Å². The highest BCUT2D eigenvalue weighted by molar-refractivity contribution is 7.13. The molecule has 0 bridgehead atoms. The second-order valence-electron chi connectivity index (χ2n) is 4.89. The van der Waals surface area contributed by atoms with Crippen LogP contribution in [-0.4, -0.2) is 46.9 Å². The standard InChI is InChI=1S/C14H14N4O3S.ClH/c19-14(17-6-4-15-5-7-17)12-9-22-13(16-12)10-2-1-3-11(8-10)18(20)21;/h1-3,8-9,15H,4-7H2;1H. The Balaban J connectivity index is 0.00000192. The summed E-state index contributed by atoms with van der Waals surface area (Å²) in [4.78, 5) is 28.8. The molecule has 0 atom stereocenters. The number of carbonyl (C=O) groups is 1. The smallest absolute Gasteiger partial charge is 0.273 e. The molecule has 1 N–H and O–H groups in total. The number of amides is 1. The number of hydrogen-bond acceptors (Lipinski definition) is 6. The van der Waals surface area contributed by atoms with Gasteiger partial charge in [-0.25, -0.2) is 4.98 Å². The third kappa shape index (κ3) is 3.84. The van der Waals surface area contributed by atoms with Crippen LogP contribution in [0.2, 0.25) is 0 Å². The lowest BCUT2D eigenvalue weighted by molar-refractivity contribution is -0.384. The lowest BCUT2D eigenvalue weighted by Crippen LogP contribution is -2.46. The molecule has 1 aromatic heterocycles. The summed E-state index contributed by atoms with van der Waals surface area (Å²) >= 11 is 1.32. The van der Waals surface area contributed by atoms with E-state index in [-0.39, 0.29) is 24.0 Å². The number of nitro benzene ring substituents is 1. The van der Waals surface area contributed by atoms with Crippen molar-refractivity contribution in [3.8, 4) is 10.6 Å². The van der Waals surface area contributed by atoms with Gasteiger partial charge in [0.15, 0.2) is 0 Å². The predicted octanol–water partition coefficient (Wildman–Crippen LogP) is 2.19. The SMILES string of the molecule is Cl.O=C(c1csc(-c2cccc([N+](=O)[O-])c2)n1)N1CCNCC1. The molecule has 3 rings (SSSR count). The Labute approximate surface area is 142 Å². The zero-order valence-corrected chi connectivity index (χ0v) is 13.7. The Hall–Kier alpha value is -2.03. The minimum absolute atomic E-state index is 0. The summed E-state index contributed by atoms with van der Waals surface area (Å²) in [5, 5.41) is 16.3. The van der Waals surface area contributed by atoms with E-state index in [4.69, 9.17) is 0 Å². The first kappa shape index (κ1) is 17.3. The molecule has 0 unspecified atom stereocenters. The Morgan fingerprint density at radius 1 is 1.35 bits per heavy atom. The number of nitrogens with zero attached hydrogens (tertiary/aromatic N) is 3. The molecule has 0 spiro atoms. The van der Waals surface area contributed by atoms with Crippen LogP contribution in [0, 0.1) is 10.1 Å². The molecule has 0 aliphatic carbocycles. The fourth-order valence-corrected chi connectivity index (χ4v) is 3.08. The number of non-ortho nitro benzene ring substituents is 1. The number of halogens is 1. The van der Waals surface area contributed by atoms with E-state index in [1.807, 2.05) is 0 Å². The molecule has 1 aliphatic heterocycles. The van der Waals surface area contributed by atoms with E-state index in [2.05, 4.69) is 10.3 Å². The quantitative estimate of drug-likeness (QED) is 0.674. The predicted molar refractivity (Wildman–Crippen MR) is 90.2 cm³/mol. The first-order valence-corrected chi connectivity index (χ1v) is 7.73. The molecule has 2 heterocycles. The van der Waals surface area contributed by atoms with Crippen LogP contribution in [0.1, 0.15) is 10.5 Å². The van der Waals surface area contributed by atoms with Crippen molar-refractivity contribution in [2.45, 2.75) is 0 Å². The maximum absolute atomic E-state index is 12.4. The average Bonchev–Trinajstić information content (AvgIpc) is 3.05. The molecule has 7 nitrogen and oxygen atoms in total. The summed E-state index contributed by atoms with van der Waals surface area (Å²) in [5.41, 5.74) is 1.06. The van der Waals surface area contributed by atoms with Crippen LogP contribution in [0.15, 0.2) is 29.6 Å². The zero-order chi connectivity index (χ0) is 15.5. The van der Waals surface area contributed by atoms with E-state index >= 15 is 0 Å². The minimum atomic E-state index is -0.441. The number of aromatic nitrogens is 1. The van der Waals surface area contributed by atoms with Gasteiger partial charge in [0.25, 0.3) is 11.6 Å². The number of nitro groups is 1. The van der Waals surface area contributed by atoms with E-state index in [0.717, 1.165) is 13.1 Å². The fraction of sp³-hybridized carbons (Fsp3) is 0.286. The molecule has 23 heavy (non-hydrogen) atoms. The van der Waals surface area contributed by atoms with Crippen LogP contribution in [-0.2, 0) is 0 Å². The summed E-state index contributed by atoms with van der Waals surface area (Å²) < 4.78 is 0. The van der Waals surface area contributed by atoms with Crippen LogP contribution < -0.4 is 5.32 Å². The molecular formula is C14H15ClN4O3S. The van der Waals surface area contributed by atoms with Crippen molar-refractivity contribution in [2.24, 2.45) is 0 Å². The van der Waals surface area contributed by atoms with Crippen LogP contribution >= 0.6 is 23.7 Å². The highest BCUT2D eigenvalue weighted by Gasteiger charge is 2.21. The van der Waals surface area contributed by atoms with Crippen LogP contribution in [0.25, 0.3) is 10.6 Å². The fourth-order valence-electron chi connectivity index (χ4n) is 2.29. The molecular weight excluding hydrogens is 340 g/mol. The molecule has 1 aromatic carbocycles. The van der Waals surface area contributed by atoms with Crippen LogP contribution in [0.4, 0.5) is 5.69 Å². The van der Waals surface area contributed by atoms with E-state index in [1.165, 1.54) is 23.5 Å². The molecule has 1 aliphatic rings. The number of hydrogen-bond donors (Lipinski definition) is 1. The van der Waals surface area contributed by atoms with Crippen LogP contribution in [0.3, 0.4) is 0 Å². The van der Waals surface area contributed by atoms with Crippen molar-refractivity contribution in [1.29, 1.82) is 0 Å². The van der Waals surface area contributed by atoms with E-state index in [1.54, 1.807) is 22.4 Å². The van der Waals surface area contributed by atoms with Gasteiger partial charge < -0.3 is 10.2 Å². The number of carbonyl (C=O) groups excluding carboxylic acids is 1. The van der Waals surface area contributed by atoms with Crippen molar-refractivity contribution in [3.63, 3.8) is 0 Å². The summed E-state index contributed by atoms with van der Waals surface area (Å²) in [6.07, 6.45) is 0. The molecule has 0 radical (unpaired) electrons. The third-order valence-electron chi connectivity index (χ3n) is 3.43. The summed E-state index contributed by atoms with van der Waals surface area (Å²) in [5.74, 6) is -0.0885. The average molecular weight is 355 g/mol. The van der Waals surface area contributed by atoms with E-state index in [9.17, 15) is 14.9 Å². The van der Waals surface area contributed by atoms with Gasteiger partial charge in [-0.2, -0.15) is 0 Å². The molecule has 1 amide bonds. The highest BCUT2D eigenvalue weighted by atomic mass is 35.5. The maximum Gasteiger partial charge on any atom is 0.273 e. The summed E-state index contributed by atoms with van der Waals surface area (Å²) in [7, 11) is 0. The third-order valence-corrected chi connectivity index (χ3v) is 4.32. The maximum atomic E-state index is 12.4. The largest absolute Gasteiger partial charge is 0.335 e.